The van der Waals surface area contributed by atoms with Gasteiger partial charge in [-0.25, -0.2) is 0 Å². The number of nitrogens with zero attached hydrogens (tertiary/aromatic N) is 2. The summed E-state index contributed by atoms with van der Waals surface area (Å²) in [4.78, 5) is 17.2. The minimum atomic E-state index is 0. The molecule has 1 amide bonds. The van der Waals surface area contributed by atoms with E-state index in [4.69, 9.17) is 0 Å². The van der Waals surface area contributed by atoms with E-state index in [0.717, 1.165) is 38.6 Å². The molecule has 6 heteroatoms. The Morgan fingerprint density at radius 1 is 1.04 bits per heavy atom. The normalized spacial score (nSPS) is 21.7. The molecule has 2 rings (SSSR count). The molecule has 0 spiro atoms. The fourth-order valence-electron chi connectivity index (χ4n) is 3.69. The van der Waals surface area contributed by atoms with Crippen LogP contribution in [0.3, 0.4) is 0 Å². The minimum absolute atomic E-state index is 0. The van der Waals surface area contributed by atoms with Crippen molar-refractivity contribution in [3.63, 3.8) is 0 Å². The van der Waals surface area contributed by atoms with E-state index in [0.29, 0.717) is 5.91 Å². The monoisotopic (exact) mass is 367 g/mol. The van der Waals surface area contributed by atoms with Crippen molar-refractivity contribution < 1.29 is 4.79 Å². The Morgan fingerprint density at radius 2 is 1.61 bits per heavy atom. The maximum absolute atomic E-state index is 12.7. The lowest BCUT2D eigenvalue weighted by molar-refractivity contribution is -0.137. The summed E-state index contributed by atoms with van der Waals surface area (Å²) in [5.74, 6) is 1.17. The molecule has 138 valence electrons. The van der Waals surface area contributed by atoms with Gasteiger partial charge in [0.1, 0.15) is 0 Å². The molecule has 4 nitrogen and oxygen atoms in total. The van der Waals surface area contributed by atoms with Crippen LogP contribution in [0.2, 0.25) is 0 Å². The summed E-state index contributed by atoms with van der Waals surface area (Å²) in [5.41, 5.74) is 0. The molecule has 1 N–H and O–H groups in total. The predicted molar refractivity (Wildman–Crippen MR) is 102 cm³/mol. The van der Waals surface area contributed by atoms with Crippen molar-refractivity contribution in [3.05, 3.63) is 0 Å². The fraction of sp³-hybridized carbons (Fsp3) is 0.941. The highest BCUT2D eigenvalue weighted by atomic mass is 35.5. The van der Waals surface area contributed by atoms with Crippen LogP contribution in [0.1, 0.15) is 51.9 Å². The molecule has 0 bridgehead atoms. The summed E-state index contributed by atoms with van der Waals surface area (Å²) in [6.07, 6.45) is 8.77. The number of amides is 1. The Balaban J connectivity index is 0.00000242. The second-order valence-corrected chi connectivity index (χ2v) is 6.79. The molecule has 23 heavy (non-hydrogen) atoms. The van der Waals surface area contributed by atoms with Gasteiger partial charge < -0.3 is 10.2 Å². The van der Waals surface area contributed by atoms with Crippen molar-refractivity contribution >= 4 is 30.7 Å². The fourth-order valence-corrected chi connectivity index (χ4v) is 3.69. The van der Waals surface area contributed by atoms with Gasteiger partial charge in [0.2, 0.25) is 5.91 Å². The molecule has 2 saturated heterocycles. The van der Waals surface area contributed by atoms with Crippen molar-refractivity contribution in [2.75, 3.05) is 39.8 Å². The van der Waals surface area contributed by atoms with Gasteiger partial charge in [-0.3, -0.25) is 9.69 Å². The van der Waals surface area contributed by atoms with Gasteiger partial charge >= 0.3 is 0 Å². The molecule has 0 aromatic carbocycles. The maximum Gasteiger partial charge on any atom is 0.239 e. The number of nitrogens with one attached hydrogen (secondary N) is 1. The number of hydrogen-bond donors (Lipinski definition) is 1. The molecule has 2 fully saturated rings. The van der Waals surface area contributed by atoms with Gasteiger partial charge in [0.15, 0.2) is 0 Å². The zero-order valence-electron chi connectivity index (χ0n) is 14.8. The molecule has 0 aromatic heterocycles. The van der Waals surface area contributed by atoms with Crippen LogP contribution in [-0.2, 0) is 4.79 Å². The van der Waals surface area contributed by atoms with Crippen LogP contribution in [0.5, 0.6) is 0 Å². The molecular formula is C17H35Cl2N3O. The molecule has 0 aliphatic carbocycles. The van der Waals surface area contributed by atoms with E-state index in [1.54, 1.807) is 0 Å². The third-order valence-electron chi connectivity index (χ3n) is 5.27. The number of halogens is 2. The summed E-state index contributed by atoms with van der Waals surface area (Å²) in [5, 5.41) is 3.23. The van der Waals surface area contributed by atoms with Crippen LogP contribution < -0.4 is 5.32 Å². The summed E-state index contributed by atoms with van der Waals surface area (Å²) in [6.45, 7) is 7.34. The zero-order valence-corrected chi connectivity index (χ0v) is 16.4. The molecule has 2 heterocycles. The Kier molecular flexibility index (Phi) is 12.3. The Hall–Kier alpha value is -0.0300. The number of carbonyl (C=O) groups excluding carboxylic acids is 1. The van der Waals surface area contributed by atoms with Gasteiger partial charge in [0.05, 0.1) is 6.04 Å². The average Bonchev–Trinajstić information content (AvgIpc) is 2.81. The highest BCUT2D eigenvalue weighted by molar-refractivity contribution is 5.85. The zero-order chi connectivity index (χ0) is 15.1. The number of carbonyl (C=O) groups is 1. The molecule has 2 aliphatic rings. The quantitative estimate of drug-likeness (QED) is 0.811. The first kappa shape index (κ1) is 23.0. The topological polar surface area (TPSA) is 35.6 Å². The molecule has 1 unspecified atom stereocenters. The van der Waals surface area contributed by atoms with E-state index in [2.05, 4.69) is 22.0 Å². The third-order valence-corrected chi connectivity index (χ3v) is 5.27. The van der Waals surface area contributed by atoms with Crippen molar-refractivity contribution in [3.8, 4) is 0 Å². The Bertz CT molecular complexity index is 315. The van der Waals surface area contributed by atoms with Crippen molar-refractivity contribution in [2.24, 2.45) is 5.92 Å². The number of hydrogen-bond acceptors (Lipinski definition) is 3. The van der Waals surface area contributed by atoms with Crippen LogP contribution >= 0.6 is 24.8 Å². The van der Waals surface area contributed by atoms with E-state index in [-0.39, 0.29) is 30.9 Å². The van der Waals surface area contributed by atoms with E-state index >= 15 is 0 Å². The smallest absolute Gasteiger partial charge is 0.239 e. The summed E-state index contributed by atoms with van der Waals surface area (Å²) < 4.78 is 0. The first-order valence-electron chi connectivity index (χ1n) is 8.90. The van der Waals surface area contributed by atoms with Crippen molar-refractivity contribution in [1.82, 2.24) is 15.1 Å². The lowest BCUT2D eigenvalue weighted by atomic mass is 9.93. The minimum Gasteiger partial charge on any atom is -0.341 e. The van der Waals surface area contributed by atoms with Crippen molar-refractivity contribution in [2.45, 2.75) is 57.9 Å². The summed E-state index contributed by atoms with van der Waals surface area (Å²) in [7, 11) is 2.02. The molecular weight excluding hydrogens is 333 g/mol. The van der Waals surface area contributed by atoms with E-state index < -0.39 is 0 Å². The van der Waals surface area contributed by atoms with Gasteiger partial charge in [-0.2, -0.15) is 0 Å². The summed E-state index contributed by atoms with van der Waals surface area (Å²) in [6, 6.07) is 0.0805. The van der Waals surface area contributed by atoms with Gasteiger partial charge in [-0.15, -0.1) is 24.8 Å². The van der Waals surface area contributed by atoms with E-state index in [1.807, 2.05) is 7.05 Å². The first-order valence-corrected chi connectivity index (χ1v) is 8.90. The van der Waals surface area contributed by atoms with Crippen LogP contribution in [0.15, 0.2) is 0 Å². The highest BCUT2D eigenvalue weighted by Crippen LogP contribution is 2.22. The molecule has 2 aliphatic heterocycles. The van der Waals surface area contributed by atoms with Crippen LogP contribution in [0, 0.1) is 5.92 Å². The van der Waals surface area contributed by atoms with Gasteiger partial charge in [-0.05, 0) is 71.6 Å². The van der Waals surface area contributed by atoms with E-state index in [1.165, 1.54) is 44.9 Å². The Morgan fingerprint density at radius 3 is 2.13 bits per heavy atom. The second-order valence-electron chi connectivity index (χ2n) is 6.79. The van der Waals surface area contributed by atoms with Crippen molar-refractivity contribution in [1.29, 1.82) is 0 Å². The number of likely N-dealkylation sites (tertiary alicyclic amines) is 2. The van der Waals surface area contributed by atoms with Crippen LogP contribution in [0.4, 0.5) is 0 Å². The second kappa shape index (κ2) is 12.3. The van der Waals surface area contributed by atoms with Gasteiger partial charge in [0, 0.05) is 13.1 Å². The molecule has 0 saturated carbocycles. The maximum atomic E-state index is 12.7. The average molecular weight is 368 g/mol. The largest absolute Gasteiger partial charge is 0.341 e. The number of piperidine rings is 1. The lowest BCUT2D eigenvalue weighted by Crippen LogP contribution is -2.49. The van der Waals surface area contributed by atoms with Crippen LogP contribution in [-0.4, -0.2) is 61.5 Å². The summed E-state index contributed by atoms with van der Waals surface area (Å²) >= 11 is 0. The highest BCUT2D eigenvalue weighted by Gasteiger charge is 2.29. The first-order chi connectivity index (χ1) is 10.2. The lowest BCUT2D eigenvalue weighted by Gasteiger charge is -2.36. The van der Waals surface area contributed by atoms with Gasteiger partial charge in [0.25, 0.3) is 0 Å². The predicted octanol–water partition coefficient (Wildman–Crippen LogP) is 2.94. The Labute approximate surface area is 154 Å². The molecule has 1 atom stereocenters. The third kappa shape index (κ3) is 7.16. The molecule has 0 radical (unpaired) electrons. The molecule has 0 aromatic rings. The van der Waals surface area contributed by atoms with Crippen LogP contribution in [0.25, 0.3) is 0 Å². The SMILES string of the molecule is CNCCC1CCN(C(=O)C(C)N2CCCCCC2)CC1.Cl.Cl. The standard InChI is InChI=1S/C17H33N3O.2ClH/c1-15(19-11-5-3-4-6-12-19)17(21)20-13-8-16(9-14-20)7-10-18-2;;/h15-16,18H,3-14H2,1-2H3;2*1H. The van der Waals surface area contributed by atoms with Gasteiger partial charge in [-0.1, -0.05) is 12.8 Å². The number of rotatable bonds is 5. The van der Waals surface area contributed by atoms with E-state index in [9.17, 15) is 4.79 Å².